The number of nitrogens with zero attached hydrogens (tertiary/aromatic N) is 1. The highest BCUT2D eigenvalue weighted by Crippen LogP contribution is 2.22. The first-order chi connectivity index (χ1) is 7.10. The zero-order chi connectivity index (χ0) is 11.4. The van der Waals surface area contributed by atoms with Gasteiger partial charge in [-0.1, -0.05) is 11.6 Å². The number of benzene rings is 1. The Morgan fingerprint density at radius 2 is 2.00 bits per heavy atom. The third-order valence-electron chi connectivity index (χ3n) is 2.21. The van der Waals surface area contributed by atoms with E-state index in [-0.39, 0.29) is 5.91 Å². The number of halogens is 2. The average Bonchev–Trinajstić information content (AvgIpc) is 2.23. The minimum Gasteiger partial charge on any atom is -0.339 e. The lowest BCUT2D eigenvalue weighted by atomic mass is 10.2. The van der Waals surface area contributed by atoms with Crippen molar-refractivity contribution >= 4 is 33.4 Å². The maximum Gasteiger partial charge on any atom is 0.255 e. The molecule has 4 heteroatoms. The molecule has 15 heavy (non-hydrogen) atoms. The van der Waals surface area contributed by atoms with Crippen LogP contribution >= 0.6 is 27.5 Å². The van der Waals surface area contributed by atoms with Crippen molar-refractivity contribution in [1.29, 1.82) is 0 Å². The number of amides is 1. The largest absolute Gasteiger partial charge is 0.339 e. The van der Waals surface area contributed by atoms with Crippen molar-refractivity contribution in [3.05, 3.63) is 33.3 Å². The summed E-state index contributed by atoms with van der Waals surface area (Å²) in [5.41, 5.74) is 0.617. The summed E-state index contributed by atoms with van der Waals surface area (Å²) in [6, 6.07) is 5.23. The summed E-state index contributed by atoms with van der Waals surface area (Å²) in [7, 11) is 0. The average molecular weight is 291 g/mol. The molecule has 1 rings (SSSR count). The van der Waals surface area contributed by atoms with E-state index in [1.807, 2.05) is 13.8 Å². The van der Waals surface area contributed by atoms with Crippen molar-refractivity contribution in [1.82, 2.24) is 4.90 Å². The first kappa shape index (κ1) is 12.5. The van der Waals surface area contributed by atoms with Crippen LogP contribution in [0.15, 0.2) is 22.7 Å². The van der Waals surface area contributed by atoms with Gasteiger partial charge < -0.3 is 4.90 Å². The molecule has 0 aliphatic rings. The molecule has 1 aromatic carbocycles. The molecular formula is C11H13BrClNO. The Morgan fingerprint density at radius 1 is 1.40 bits per heavy atom. The second-order valence-corrected chi connectivity index (χ2v) is 4.39. The molecule has 0 saturated carbocycles. The molecule has 0 radical (unpaired) electrons. The zero-order valence-electron chi connectivity index (χ0n) is 8.76. The molecule has 0 bridgehead atoms. The predicted octanol–water partition coefficient (Wildman–Crippen LogP) is 3.58. The molecule has 0 heterocycles. The molecule has 0 fully saturated rings. The summed E-state index contributed by atoms with van der Waals surface area (Å²) in [4.78, 5) is 13.8. The van der Waals surface area contributed by atoms with Crippen LogP contribution in [-0.4, -0.2) is 23.9 Å². The van der Waals surface area contributed by atoms with Crippen LogP contribution in [0.2, 0.25) is 5.02 Å². The number of hydrogen-bond donors (Lipinski definition) is 0. The van der Waals surface area contributed by atoms with E-state index in [4.69, 9.17) is 11.6 Å². The predicted molar refractivity (Wildman–Crippen MR) is 66.4 cm³/mol. The van der Waals surface area contributed by atoms with Gasteiger partial charge in [0, 0.05) is 22.6 Å². The van der Waals surface area contributed by atoms with E-state index in [1.165, 1.54) is 0 Å². The number of rotatable bonds is 3. The molecule has 0 spiro atoms. The van der Waals surface area contributed by atoms with Gasteiger partial charge in [-0.2, -0.15) is 0 Å². The summed E-state index contributed by atoms with van der Waals surface area (Å²) in [6.45, 7) is 5.32. The van der Waals surface area contributed by atoms with E-state index in [0.29, 0.717) is 23.7 Å². The molecule has 1 aromatic rings. The van der Waals surface area contributed by atoms with Crippen LogP contribution in [0.5, 0.6) is 0 Å². The first-order valence-corrected chi connectivity index (χ1v) is 6.01. The van der Waals surface area contributed by atoms with Gasteiger partial charge in [-0.3, -0.25) is 4.79 Å². The maximum atomic E-state index is 12.0. The lowest BCUT2D eigenvalue weighted by Crippen LogP contribution is -2.30. The Labute approximate surface area is 103 Å². The van der Waals surface area contributed by atoms with E-state index in [9.17, 15) is 4.79 Å². The molecule has 2 nitrogen and oxygen atoms in total. The number of carbonyl (C=O) groups excluding carboxylic acids is 1. The van der Waals surface area contributed by atoms with Crippen LogP contribution in [0.25, 0.3) is 0 Å². The van der Waals surface area contributed by atoms with Crippen LogP contribution in [0.3, 0.4) is 0 Å². The molecule has 0 saturated heterocycles. The van der Waals surface area contributed by atoms with Gasteiger partial charge in [0.15, 0.2) is 0 Å². The highest BCUT2D eigenvalue weighted by Gasteiger charge is 2.15. The van der Waals surface area contributed by atoms with Gasteiger partial charge in [0.2, 0.25) is 0 Å². The molecule has 82 valence electrons. The third-order valence-corrected chi connectivity index (χ3v) is 3.14. The van der Waals surface area contributed by atoms with Crippen molar-refractivity contribution in [2.75, 3.05) is 13.1 Å². The van der Waals surface area contributed by atoms with Gasteiger partial charge in [-0.15, -0.1) is 0 Å². The summed E-state index contributed by atoms with van der Waals surface area (Å²) in [5, 5.41) is 0.578. The summed E-state index contributed by atoms with van der Waals surface area (Å²) in [5.74, 6) is 0.00868. The fraction of sp³-hybridized carbons (Fsp3) is 0.364. The quantitative estimate of drug-likeness (QED) is 0.833. The van der Waals surface area contributed by atoms with Crippen molar-refractivity contribution < 1.29 is 4.79 Å². The molecular weight excluding hydrogens is 277 g/mol. The van der Waals surface area contributed by atoms with E-state index in [1.54, 1.807) is 23.1 Å². The van der Waals surface area contributed by atoms with Gasteiger partial charge in [0.1, 0.15) is 0 Å². The van der Waals surface area contributed by atoms with E-state index >= 15 is 0 Å². The highest BCUT2D eigenvalue weighted by molar-refractivity contribution is 9.10. The minimum absolute atomic E-state index is 0.00868. The smallest absolute Gasteiger partial charge is 0.255 e. The summed E-state index contributed by atoms with van der Waals surface area (Å²) >= 11 is 9.21. The zero-order valence-corrected chi connectivity index (χ0v) is 11.1. The van der Waals surface area contributed by atoms with Crippen LogP contribution in [0.4, 0.5) is 0 Å². The Balaban J connectivity index is 3.04. The van der Waals surface area contributed by atoms with E-state index < -0.39 is 0 Å². The molecule has 0 atom stereocenters. The lowest BCUT2D eigenvalue weighted by Gasteiger charge is -2.19. The van der Waals surface area contributed by atoms with Gasteiger partial charge in [0.05, 0.1) is 5.56 Å². The molecule has 0 N–H and O–H groups in total. The summed E-state index contributed by atoms with van der Waals surface area (Å²) in [6.07, 6.45) is 0. The minimum atomic E-state index is 0.00868. The summed E-state index contributed by atoms with van der Waals surface area (Å²) < 4.78 is 0.781. The number of hydrogen-bond acceptors (Lipinski definition) is 1. The molecule has 0 aromatic heterocycles. The van der Waals surface area contributed by atoms with Crippen molar-refractivity contribution in [3.63, 3.8) is 0 Å². The topological polar surface area (TPSA) is 20.3 Å². The van der Waals surface area contributed by atoms with Gasteiger partial charge >= 0.3 is 0 Å². The molecule has 0 aliphatic heterocycles. The normalized spacial score (nSPS) is 10.1. The molecule has 0 aliphatic carbocycles. The third kappa shape index (κ3) is 2.95. The van der Waals surface area contributed by atoms with E-state index in [2.05, 4.69) is 15.9 Å². The Morgan fingerprint density at radius 3 is 2.53 bits per heavy atom. The highest BCUT2D eigenvalue weighted by atomic mass is 79.9. The standard InChI is InChI=1S/C11H13BrClNO/c1-3-14(4-2)11(15)9-7-8(13)5-6-10(9)12/h5-7H,3-4H2,1-2H3. The lowest BCUT2D eigenvalue weighted by molar-refractivity contribution is 0.0772. The van der Waals surface area contributed by atoms with Crippen molar-refractivity contribution in [2.45, 2.75) is 13.8 Å². The SMILES string of the molecule is CCN(CC)C(=O)c1cc(Cl)ccc1Br. The van der Waals surface area contributed by atoms with Crippen LogP contribution < -0.4 is 0 Å². The first-order valence-electron chi connectivity index (χ1n) is 4.84. The number of carbonyl (C=O) groups is 1. The molecule has 1 amide bonds. The maximum absolute atomic E-state index is 12.0. The second kappa shape index (κ2) is 5.52. The van der Waals surface area contributed by atoms with E-state index in [0.717, 1.165) is 4.47 Å². The Bertz CT molecular complexity index is 364. The van der Waals surface area contributed by atoms with Crippen molar-refractivity contribution in [3.8, 4) is 0 Å². The monoisotopic (exact) mass is 289 g/mol. The molecule has 0 unspecified atom stereocenters. The fourth-order valence-corrected chi connectivity index (χ4v) is 1.93. The Kier molecular flexibility index (Phi) is 4.61. The van der Waals surface area contributed by atoms with Gasteiger partial charge in [-0.25, -0.2) is 0 Å². The van der Waals surface area contributed by atoms with Crippen LogP contribution in [0, 0.1) is 0 Å². The van der Waals surface area contributed by atoms with Gasteiger partial charge in [0.25, 0.3) is 5.91 Å². The second-order valence-electron chi connectivity index (χ2n) is 3.10. The van der Waals surface area contributed by atoms with Gasteiger partial charge in [-0.05, 0) is 48.0 Å². The van der Waals surface area contributed by atoms with Crippen molar-refractivity contribution in [2.24, 2.45) is 0 Å². The Hall–Kier alpha value is -0.540. The fourth-order valence-electron chi connectivity index (χ4n) is 1.34. The van der Waals surface area contributed by atoms with Crippen LogP contribution in [0.1, 0.15) is 24.2 Å². The van der Waals surface area contributed by atoms with Crippen LogP contribution in [-0.2, 0) is 0 Å².